The lowest BCUT2D eigenvalue weighted by Gasteiger charge is -2.33. The number of rotatable bonds is 5. The molecular weight excluding hydrogens is 464 g/mol. The average molecular weight is 495 g/mol. The first-order valence-corrected chi connectivity index (χ1v) is 13.8. The minimum Gasteiger partial charge on any atom is -0.452 e. The number of amides is 1. The highest BCUT2D eigenvalue weighted by Gasteiger charge is 2.36. The van der Waals surface area contributed by atoms with Gasteiger partial charge in [0.25, 0.3) is 5.91 Å². The number of aromatic nitrogens is 2. The van der Waals surface area contributed by atoms with Crippen LogP contribution in [0.2, 0.25) is 0 Å². The molecule has 0 radical (unpaired) electrons. The molecule has 0 unspecified atom stereocenters. The van der Waals surface area contributed by atoms with Crippen molar-refractivity contribution < 1.29 is 22.7 Å². The van der Waals surface area contributed by atoms with Crippen molar-refractivity contribution in [3.63, 3.8) is 0 Å². The van der Waals surface area contributed by atoms with Crippen LogP contribution >= 0.6 is 11.3 Å². The summed E-state index contributed by atoms with van der Waals surface area (Å²) < 4.78 is 28.9. The number of hydrogen-bond acceptors (Lipinski definition) is 9. The Kier molecular flexibility index (Phi) is 6.63. The van der Waals surface area contributed by atoms with E-state index < -0.39 is 15.9 Å². The number of sulfone groups is 1. The highest BCUT2D eigenvalue weighted by Crippen LogP contribution is 2.35. The van der Waals surface area contributed by atoms with Crippen molar-refractivity contribution >= 4 is 49.1 Å². The van der Waals surface area contributed by atoms with Crippen LogP contribution in [0.5, 0.6) is 0 Å². The third-order valence-electron chi connectivity index (χ3n) is 6.82. The summed E-state index contributed by atoms with van der Waals surface area (Å²) in [7, 11) is -1.52. The SMILES string of the molecule is Cc1sc2ncnc(N3CCC(C(=O)O[C@@H](C)C(=O)N(C)[C@@H]4CCS(=O)(=O)C4)CC3)c2c1C. The Bertz CT molecular complexity index is 1170. The zero-order valence-corrected chi connectivity index (χ0v) is 21.0. The van der Waals surface area contributed by atoms with Crippen molar-refractivity contribution in [1.29, 1.82) is 0 Å². The second-order valence-corrected chi connectivity index (χ2v) is 12.4. The highest BCUT2D eigenvalue weighted by molar-refractivity contribution is 7.91. The molecule has 2 atom stereocenters. The monoisotopic (exact) mass is 494 g/mol. The Morgan fingerprint density at radius 1 is 1.21 bits per heavy atom. The van der Waals surface area contributed by atoms with Crippen molar-refractivity contribution in [3.8, 4) is 0 Å². The van der Waals surface area contributed by atoms with Gasteiger partial charge in [0, 0.05) is 31.1 Å². The van der Waals surface area contributed by atoms with Gasteiger partial charge in [-0.15, -0.1) is 11.3 Å². The van der Waals surface area contributed by atoms with Crippen LogP contribution in [0.15, 0.2) is 6.33 Å². The van der Waals surface area contributed by atoms with E-state index >= 15 is 0 Å². The maximum atomic E-state index is 12.7. The van der Waals surface area contributed by atoms with E-state index in [2.05, 4.69) is 28.7 Å². The quantitative estimate of drug-likeness (QED) is 0.581. The Hall–Kier alpha value is -2.27. The molecule has 2 aromatic heterocycles. The Morgan fingerprint density at radius 2 is 1.91 bits per heavy atom. The molecule has 0 spiro atoms. The molecule has 33 heavy (non-hydrogen) atoms. The summed E-state index contributed by atoms with van der Waals surface area (Å²) in [5, 5.41) is 1.08. The molecule has 9 nitrogen and oxygen atoms in total. The van der Waals surface area contributed by atoms with E-state index in [0.29, 0.717) is 32.4 Å². The van der Waals surface area contributed by atoms with E-state index in [-0.39, 0.29) is 35.3 Å². The van der Waals surface area contributed by atoms with Crippen molar-refractivity contribution in [2.45, 2.75) is 52.2 Å². The van der Waals surface area contributed by atoms with Gasteiger partial charge >= 0.3 is 5.97 Å². The topological polar surface area (TPSA) is 110 Å². The summed E-state index contributed by atoms with van der Waals surface area (Å²) in [6, 6.07) is -0.360. The number of fused-ring (bicyclic) bond motifs is 1. The Labute approximate surface area is 198 Å². The lowest BCUT2D eigenvalue weighted by molar-refractivity contribution is -0.163. The molecule has 11 heteroatoms. The van der Waals surface area contributed by atoms with Gasteiger partial charge in [-0.3, -0.25) is 9.59 Å². The highest BCUT2D eigenvalue weighted by atomic mass is 32.2. The first-order chi connectivity index (χ1) is 15.6. The molecular formula is C22H30N4O5S2. The van der Waals surface area contributed by atoms with E-state index in [9.17, 15) is 18.0 Å². The molecule has 2 fully saturated rings. The zero-order valence-electron chi connectivity index (χ0n) is 19.4. The third-order valence-corrected chi connectivity index (χ3v) is 9.68. The predicted octanol–water partition coefficient (Wildman–Crippen LogP) is 2.10. The van der Waals surface area contributed by atoms with Crippen molar-refractivity contribution in [2.75, 3.05) is 36.5 Å². The van der Waals surface area contributed by atoms with Crippen LogP contribution in [-0.2, 0) is 24.2 Å². The molecule has 0 aliphatic carbocycles. The first-order valence-electron chi connectivity index (χ1n) is 11.2. The normalized spacial score (nSPS) is 21.8. The number of esters is 1. The maximum absolute atomic E-state index is 12.7. The molecule has 0 N–H and O–H groups in total. The molecule has 1 amide bonds. The molecule has 0 saturated carbocycles. The van der Waals surface area contributed by atoms with Gasteiger partial charge in [-0.1, -0.05) is 0 Å². The summed E-state index contributed by atoms with van der Waals surface area (Å²) in [4.78, 5) is 40.2. The standard InChI is InChI=1S/C22H30N4O5S2/c1-13-15(3)32-20-18(13)19(23-12-24-20)26-8-5-16(6-9-26)22(28)31-14(2)21(27)25(4)17-7-10-33(29,30)11-17/h12,14,16-17H,5-11H2,1-4H3/t14-,17+/m0/s1. The number of nitrogens with zero attached hydrogens (tertiary/aromatic N) is 4. The minimum absolute atomic E-state index is 0.0339. The summed E-state index contributed by atoms with van der Waals surface area (Å²) in [5.41, 5.74) is 1.19. The number of aryl methyl sites for hydroxylation is 2. The van der Waals surface area contributed by atoms with Crippen LogP contribution in [0.4, 0.5) is 5.82 Å². The number of piperidine rings is 1. The fourth-order valence-corrected chi connectivity index (χ4v) is 7.36. The summed E-state index contributed by atoms with van der Waals surface area (Å²) >= 11 is 1.66. The van der Waals surface area contributed by atoms with Gasteiger partial charge in [0.15, 0.2) is 15.9 Å². The lowest BCUT2D eigenvalue weighted by Crippen LogP contribution is -2.45. The molecule has 0 bridgehead atoms. The van der Waals surface area contributed by atoms with Crippen LogP contribution in [0.1, 0.15) is 36.6 Å². The Morgan fingerprint density at radius 3 is 2.55 bits per heavy atom. The predicted molar refractivity (Wildman–Crippen MR) is 127 cm³/mol. The van der Waals surface area contributed by atoms with E-state index in [0.717, 1.165) is 16.0 Å². The van der Waals surface area contributed by atoms with Gasteiger partial charge in [0.1, 0.15) is 17.0 Å². The summed E-state index contributed by atoms with van der Waals surface area (Å²) in [5.74, 6) is -0.0616. The third kappa shape index (κ3) is 4.84. The Balaban J connectivity index is 1.34. The van der Waals surface area contributed by atoms with E-state index in [1.165, 1.54) is 15.3 Å². The van der Waals surface area contributed by atoms with Gasteiger partial charge in [-0.25, -0.2) is 18.4 Å². The number of thiophene rings is 1. The average Bonchev–Trinajstić information content (AvgIpc) is 3.30. The summed E-state index contributed by atoms with van der Waals surface area (Å²) in [6.45, 7) is 7.06. The fraction of sp³-hybridized carbons (Fsp3) is 0.636. The molecule has 4 rings (SSSR count). The summed E-state index contributed by atoms with van der Waals surface area (Å²) in [6.07, 6.45) is 2.30. The van der Waals surface area contributed by atoms with Crippen LogP contribution in [0.3, 0.4) is 0 Å². The molecule has 0 aromatic carbocycles. The molecule has 4 heterocycles. The van der Waals surface area contributed by atoms with Crippen LogP contribution in [0, 0.1) is 19.8 Å². The van der Waals surface area contributed by atoms with E-state index in [1.807, 2.05) is 0 Å². The van der Waals surface area contributed by atoms with Crippen molar-refractivity contribution in [2.24, 2.45) is 5.92 Å². The molecule has 2 aliphatic heterocycles. The number of likely N-dealkylation sites (N-methyl/N-ethyl adjacent to an activating group) is 1. The molecule has 2 saturated heterocycles. The largest absolute Gasteiger partial charge is 0.452 e. The van der Waals surface area contributed by atoms with Crippen molar-refractivity contribution in [3.05, 3.63) is 16.8 Å². The number of hydrogen-bond donors (Lipinski definition) is 0. The van der Waals surface area contributed by atoms with Gasteiger partial charge < -0.3 is 14.5 Å². The molecule has 180 valence electrons. The van der Waals surface area contributed by atoms with Crippen LogP contribution in [-0.4, -0.2) is 79.0 Å². The van der Waals surface area contributed by atoms with Crippen LogP contribution < -0.4 is 4.90 Å². The molecule has 2 aromatic rings. The second-order valence-electron chi connectivity index (χ2n) is 9.01. The number of anilines is 1. The van der Waals surface area contributed by atoms with E-state index in [1.54, 1.807) is 31.6 Å². The van der Waals surface area contributed by atoms with Crippen LogP contribution in [0.25, 0.3) is 10.2 Å². The van der Waals surface area contributed by atoms with E-state index in [4.69, 9.17) is 4.74 Å². The van der Waals surface area contributed by atoms with Gasteiger partial charge in [0.2, 0.25) is 0 Å². The minimum atomic E-state index is -3.10. The van der Waals surface area contributed by atoms with Gasteiger partial charge in [0.05, 0.1) is 22.8 Å². The zero-order chi connectivity index (χ0) is 23.9. The lowest BCUT2D eigenvalue weighted by atomic mass is 9.96. The fourth-order valence-electron chi connectivity index (χ4n) is 4.60. The number of carbonyl (C=O) groups is 2. The smallest absolute Gasteiger partial charge is 0.309 e. The maximum Gasteiger partial charge on any atom is 0.309 e. The van der Waals surface area contributed by atoms with Gasteiger partial charge in [-0.2, -0.15) is 0 Å². The number of carbonyl (C=O) groups excluding carboxylic acids is 2. The second kappa shape index (κ2) is 9.17. The van der Waals surface area contributed by atoms with Crippen molar-refractivity contribution in [1.82, 2.24) is 14.9 Å². The first kappa shape index (κ1) is 23.9. The molecule has 2 aliphatic rings. The van der Waals surface area contributed by atoms with Gasteiger partial charge in [-0.05, 0) is 45.6 Å². The number of ether oxygens (including phenoxy) is 1.